The first kappa shape index (κ1) is 16.7. The van der Waals surface area contributed by atoms with E-state index in [0.717, 1.165) is 0 Å². The highest BCUT2D eigenvalue weighted by Crippen LogP contribution is 2.12. The first-order chi connectivity index (χ1) is 7.99. The second-order valence-electron chi connectivity index (χ2n) is 3.94. The molecular weight excluding hydrogens is 230 g/mol. The van der Waals surface area contributed by atoms with Gasteiger partial charge in [-0.25, -0.2) is 8.78 Å². The topological polar surface area (TPSA) is 27.7 Å². The average molecular weight is 254 g/mol. The number of alkyl halides is 2. The number of hydrogen-bond acceptors (Lipinski definition) is 3. The van der Waals surface area contributed by atoms with E-state index >= 15 is 0 Å². The summed E-state index contributed by atoms with van der Waals surface area (Å²) in [6, 6.07) is 0. The van der Waals surface area contributed by atoms with E-state index in [9.17, 15) is 8.78 Å². The number of rotatable bonds is 10. The van der Waals surface area contributed by atoms with Crippen molar-refractivity contribution in [3.8, 4) is 0 Å². The third kappa shape index (κ3) is 9.44. The lowest BCUT2D eigenvalue weighted by atomic mass is 10.3. The lowest BCUT2D eigenvalue weighted by molar-refractivity contribution is -0.283. The van der Waals surface area contributed by atoms with Gasteiger partial charge in [-0.1, -0.05) is 26.7 Å². The van der Waals surface area contributed by atoms with E-state index < -0.39 is 25.3 Å². The molecule has 4 unspecified atom stereocenters. The van der Waals surface area contributed by atoms with Crippen molar-refractivity contribution in [1.82, 2.24) is 0 Å². The van der Waals surface area contributed by atoms with Crippen molar-refractivity contribution in [3.63, 3.8) is 0 Å². The Labute approximate surface area is 102 Å². The highest BCUT2D eigenvalue weighted by Gasteiger charge is 2.17. The molecule has 4 atom stereocenters. The molecule has 0 rings (SSSR count). The van der Waals surface area contributed by atoms with Crippen LogP contribution in [0.1, 0.15) is 53.4 Å². The number of hydrogen-bond donors (Lipinski definition) is 0. The van der Waals surface area contributed by atoms with Crippen molar-refractivity contribution < 1.29 is 23.0 Å². The predicted molar refractivity (Wildman–Crippen MR) is 61.8 cm³/mol. The van der Waals surface area contributed by atoms with Crippen LogP contribution in [0.4, 0.5) is 8.78 Å². The second-order valence-corrected chi connectivity index (χ2v) is 3.94. The van der Waals surface area contributed by atoms with Crippen molar-refractivity contribution in [1.29, 1.82) is 0 Å². The van der Waals surface area contributed by atoms with Gasteiger partial charge in [0.1, 0.15) is 0 Å². The molecule has 0 aromatic rings. The largest absolute Gasteiger partial charge is 0.324 e. The standard InChI is InChI=1S/C12H24F2O3/c1-5-7-11(13)16-9(3)15-10(4)17-12(14)8-6-2/h9-12H,5-8H2,1-4H3. The summed E-state index contributed by atoms with van der Waals surface area (Å²) < 4.78 is 41.1. The molecule has 0 aromatic heterocycles. The molecule has 0 amide bonds. The predicted octanol–water partition coefficient (Wildman–Crippen LogP) is 3.92. The van der Waals surface area contributed by atoms with Crippen LogP contribution in [-0.4, -0.2) is 25.3 Å². The van der Waals surface area contributed by atoms with Gasteiger partial charge < -0.3 is 14.2 Å². The maximum Gasteiger partial charge on any atom is 0.201 e. The molecule has 0 heterocycles. The molecule has 0 aliphatic rings. The molecule has 17 heavy (non-hydrogen) atoms. The Bertz CT molecular complexity index is 163. The van der Waals surface area contributed by atoms with Crippen molar-refractivity contribution >= 4 is 0 Å². The minimum Gasteiger partial charge on any atom is -0.324 e. The van der Waals surface area contributed by atoms with Gasteiger partial charge in [0, 0.05) is 12.8 Å². The van der Waals surface area contributed by atoms with E-state index in [1.807, 2.05) is 13.8 Å². The van der Waals surface area contributed by atoms with Gasteiger partial charge in [-0.2, -0.15) is 0 Å². The molecule has 0 aliphatic carbocycles. The maximum absolute atomic E-state index is 13.1. The van der Waals surface area contributed by atoms with Crippen LogP contribution in [0.5, 0.6) is 0 Å². The quantitative estimate of drug-likeness (QED) is 0.553. The Balaban J connectivity index is 3.74. The summed E-state index contributed by atoms with van der Waals surface area (Å²) in [6.45, 7) is 6.86. The molecule has 0 saturated carbocycles. The van der Waals surface area contributed by atoms with Gasteiger partial charge in [-0.3, -0.25) is 0 Å². The molecule has 104 valence electrons. The molecule has 0 fully saturated rings. The Morgan fingerprint density at radius 3 is 1.41 bits per heavy atom. The summed E-state index contributed by atoms with van der Waals surface area (Å²) in [5.41, 5.74) is 0. The minimum atomic E-state index is -1.35. The van der Waals surface area contributed by atoms with Gasteiger partial charge in [0.15, 0.2) is 12.6 Å². The van der Waals surface area contributed by atoms with Crippen LogP contribution in [0.25, 0.3) is 0 Å². The summed E-state index contributed by atoms with van der Waals surface area (Å²) in [4.78, 5) is 0. The van der Waals surface area contributed by atoms with Gasteiger partial charge >= 0.3 is 0 Å². The van der Waals surface area contributed by atoms with Crippen LogP contribution in [0.15, 0.2) is 0 Å². The third-order valence-corrected chi connectivity index (χ3v) is 2.09. The van der Waals surface area contributed by atoms with Crippen LogP contribution < -0.4 is 0 Å². The normalized spacial score (nSPS) is 18.7. The average Bonchev–Trinajstić information content (AvgIpc) is 2.16. The molecule has 3 nitrogen and oxygen atoms in total. The van der Waals surface area contributed by atoms with Crippen LogP contribution in [0, 0.1) is 0 Å². The van der Waals surface area contributed by atoms with E-state index in [4.69, 9.17) is 14.2 Å². The molecule has 0 spiro atoms. The number of ether oxygens (including phenoxy) is 3. The Morgan fingerprint density at radius 2 is 1.12 bits per heavy atom. The van der Waals surface area contributed by atoms with Crippen molar-refractivity contribution in [2.45, 2.75) is 78.7 Å². The summed E-state index contributed by atoms with van der Waals surface area (Å²) in [7, 11) is 0. The van der Waals surface area contributed by atoms with Crippen LogP contribution in [-0.2, 0) is 14.2 Å². The lowest BCUT2D eigenvalue weighted by Crippen LogP contribution is -2.27. The van der Waals surface area contributed by atoms with Crippen LogP contribution >= 0.6 is 0 Å². The lowest BCUT2D eigenvalue weighted by Gasteiger charge is -2.22. The second kappa shape index (κ2) is 9.74. The molecule has 0 N–H and O–H groups in total. The fraction of sp³-hybridized carbons (Fsp3) is 1.00. The van der Waals surface area contributed by atoms with Crippen molar-refractivity contribution in [2.75, 3.05) is 0 Å². The van der Waals surface area contributed by atoms with Crippen LogP contribution in [0.3, 0.4) is 0 Å². The molecular formula is C12H24F2O3. The van der Waals surface area contributed by atoms with E-state index in [-0.39, 0.29) is 0 Å². The smallest absolute Gasteiger partial charge is 0.201 e. The Hall–Kier alpha value is -0.260. The summed E-state index contributed by atoms with van der Waals surface area (Å²) in [6.07, 6.45) is -2.15. The van der Waals surface area contributed by atoms with Gasteiger partial charge in [0.25, 0.3) is 0 Å². The maximum atomic E-state index is 13.1. The van der Waals surface area contributed by atoms with Gasteiger partial charge in [0.05, 0.1) is 0 Å². The zero-order valence-corrected chi connectivity index (χ0v) is 11.1. The van der Waals surface area contributed by atoms with E-state index in [1.54, 1.807) is 13.8 Å². The van der Waals surface area contributed by atoms with E-state index in [2.05, 4.69) is 0 Å². The van der Waals surface area contributed by atoms with Gasteiger partial charge in [0.2, 0.25) is 12.7 Å². The van der Waals surface area contributed by atoms with E-state index in [1.165, 1.54) is 0 Å². The Kier molecular flexibility index (Phi) is 9.59. The summed E-state index contributed by atoms with van der Waals surface area (Å²) in [5, 5.41) is 0. The molecule has 5 heteroatoms. The molecule has 0 saturated heterocycles. The fourth-order valence-electron chi connectivity index (χ4n) is 1.34. The first-order valence-corrected chi connectivity index (χ1v) is 6.24. The van der Waals surface area contributed by atoms with Gasteiger partial charge in [-0.05, 0) is 13.8 Å². The van der Waals surface area contributed by atoms with Crippen molar-refractivity contribution in [2.24, 2.45) is 0 Å². The summed E-state index contributed by atoms with van der Waals surface area (Å²) in [5.74, 6) is 0. The molecule has 0 bridgehead atoms. The zero-order chi connectivity index (χ0) is 13.3. The molecule has 0 aromatic carbocycles. The highest BCUT2D eigenvalue weighted by molar-refractivity contribution is 4.45. The number of halogens is 2. The fourth-order valence-corrected chi connectivity index (χ4v) is 1.34. The molecule has 0 aliphatic heterocycles. The van der Waals surface area contributed by atoms with Crippen molar-refractivity contribution in [3.05, 3.63) is 0 Å². The summed E-state index contributed by atoms with van der Waals surface area (Å²) >= 11 is 0. The molecule has 0 radical (unpaired) electrons. The highest BCUT2D eigenvalue weighted by atomic mass is 19.1. The third-order valence-electron chi connectivity index (χ3n) is 2.09. The van der Waals surface area contributed by atoms with Gasteiger partial charge in [-0.15, -0.1) is 0 Å². The first-order valence-electron chi connectivity index (χ1n) is 6.24. The minimum absolute atomic E-state index is 0.324. The van der Waals surface area contributed by atoms with Crippen LogP contribution in [0.2, 0.25) is 0 Å². The monoisotopic (exact) mass is 254 g/mol. The van der Waals surface area contributed by atoms with E-state index in [0.29, 0.717) is 25.7 Å². The zero-order valence-electron chi connectivity index (χ0n) is 11.1. The Morgan fingerprint density at radius 1 is 0.765 bits per heavy atom. The SMILES string of the molecule is CCCC(F)OC(C)OC(C)OC(F)CCC.